The van der Waals surface area contributed by atoms with Gasteiger partial charge in [-0.1, -0.05) is 29.8 Å². The molecule has 0 fully saturated rings. The number of nitrogens with zero attached hydrogens (tertiary/aromatic N) is 1. The Morgan fingerprint density at radius 3 is 2.30 bits per heavy atom. The number of halogens is 1. The van der Waals surface area contributed by atoms with Crippen molar-refractivity contribution >= 4 is 23.4 Å². The highest BCUT2D eigenvalue weighted by atomic mass is 35.5. The maximum absolute atomic E-state index is 11.0. The number of carboxylic acid groups (broad SMARTS) is 1. The van der Waals surface area contributed by atoms with E-state index in [-0.39, 0.29) is 5.75 Å². The van der Waals surface area contributed by atoms with Crippen LogP contribution in [0.2, 0.25) is 5.02 Å². The molecule has 2 aromatic rings. The van der Waals surface area contributed by atoms with E-state index in [9.17, 15) is 14.9 Å². The van der Waals surface area contributed by atoms with Crippen molar-refractivity contribution in [1.29, 1.82) is 0 Å². The van der Waals surface area contributed by atoms with Crippen LogP contribution in [0.25, 0.3) is 11.1 Å². The van der Waals surface area contributed by atoms with Gasteiger partial charge in [0, 0.05) is 11.1 Å². The first-order valence-corrected chi connectivity index (χ1v) is 5.80. The van der Waals surface area contributed by atoms with Gasteiger partial charge in [-0.3, -0.25) is 10.1 Å². The summed E-state index contributed by atoms with van der Waals surface area (Å²) in [5, 5.41) is 20.0. The number of hydrogen-bond donors (Lipinski definition) is 1. The molecule has 0 aliphatic heterocycles. The number of hydrogen-bond acceptors (Lipinski definition) is 4. The number of carbonyl (C=O) groups is 1. The molecule has 0 aliphatic carbocycles. The monoisotopic (exact) mass is 293 g/mol. The molecule has 7 heteroatoms. The van der Waals surface area contributed by atoms with Gasteiger partial charge in [0.05, 0.1) is 4.92 Å². The highest BCUT2D eigenvalue weighted by molar-refractivity contribution is 6.30. The predicted octanol–water partition coefficient (Wildman–Crippen LogP) is 3.97. The summed E-state index contributed by atoms with van der Waals surface area (Å²) in [7, 11) is 0. The van der Waals surface area contributed by atoms with Crippen LogP contribution in [0.4, 0.5) is 10.5 Å². The van der Waals surface area contributed by atoms with E-state index >= 15 is 0 Å². The van der Waals surface area contributed by atoms with E-state index in [0.717, 1.165) is 5.56 Å². The van der Waals surface area contributed by atoms with Crippen molar-refractivity contribution in [3.05, 3.63) is 57.6 Å². The Morgan fingerprint density at radius 2 is 1.75 bits per heavy atom. The molecule has 0 amide bonds. The lowest BCUT2D eigenvalue weighted by Gasteiger charge is -2.05. The van der Waals surface area contributed by atoms with Crippen molar-refractivity contribution in [2.45, 2.75) is 0 Å². The fraction of sp³-hybridized carbons (Fsp3) is 0. The van der Waals surface area contributed by atoms with Crippen molar-refractivity contribution in [3.63, 3.8) is 0 Å². The first kappa shape index (κ1) is 13.8. The Morgan fingerprint density at radius 1 is 1.15 bits per heavy atom. The van der Waals surface area contributed by atoms with Crippen LogP contribution in [0.3, 0.4) is 0 Å². The second-order valence-electron chi connectivity index (χ2n) is 3.81. The Balaban J connectivity index is 2.47. The van der Waals surface area contributed by atoms with Crippen molar-refractivity contribution in [3.8, 4) is 16.9 Å². The second-order valence-corrected chi connectivity index (χ2v) is 4.25. The topological polar surface area (TPSA) is 89.7 Å². The predicted molar refractivity (Wildman–Crippen MR) is 72.2 cm³/mol. The van der Waals surface area contributed by atoms with E-state index < -0.39 is 16.8 Å². The van der Waals surface area contributed by atoms with Gasteiger partial charge in [-0.05, 0) is 29.3 Å². The smallest absolute Gasteiger partial charge is 0.449 e. The van der Waals surface area contributed by atoms with E-state index in [1.54, 1.807) is 24.3 Å². The highest BCUT2D eigenvalue weighted by Gasteiger charge is 2.18. The van der Waals surface area contributed by atoms with Gasteiger partial charge in [0.25, 0.3) is 0 Å². The molecule has 0 atom stereocenters. The normalized spacial score (nSPS) is 10.1. The molecule has 2 aromatic carbocycles. The Bertz CT molecular complexity index is 669. The quantitative estimate of drug-likeness (QED) is 0.400. The molecule has 0 saturated heterocycles. The van der Waals surface area contributed by atoms with E-state index in [2.05, 4.69) is 4.74 Å². The van der Waals surface area contributed by atoms with E-state index in [4.69, 9.17) is 16.7 Å². The van der Waals surface area contributed by atoms with Crippen LogP contribution in [-0.2, 0) is 0 Å². The maximum atomic E-state index is 11.0. The van der Waals surface area contributed by atoms with E-state index in [0.29, 0.717) is 10.6 Å². The largest absolute Gasteiger partial charge is 0.511 e. The number of rotatable bonds is 3. The minimum atomic E-state index is -1.60. The lowest BCUT2D eigenvalue weighted by atomic mass is 10.0. The van der Waals surface area contributed by atoms with Crippen LogP contribution < -0.4 is 4.74 Å². The minimum Gasteiger partial charge on any atom is -0.449 e. The Labute approximate surface area is 118 Å². The summed E-state index contributed by atoms with van der Waals surface area (Å²) < 4.78 is 4.37. The third-order valence-corrected chi connectivity index (χ3v) is 2.78. The standard InChI is InChI=1S/C13H8ClNO5/c14-10-4-1-8(2-5-10)9-3-6-12(20-13(16)17)11(7-9)15(18)19/h1-7H,(H,16,17). The molecule has 0 radical (unpaired) electrons. The average Bonchev–Trinajstić information content (AvgIpc) is 2.39. The molecule has 20 heavy (non-hydrogen) atoms. The van der Waals surface area contributed by atoms with Gasteiger partial charge in [-0.25, -0.2) is 4.79 Å². The summed E-state index contributed by atoms with van der Waals surface area (Å²) >= 11 is 5.77. The van der Waals surface area contributed by atoms with Gasteiger partial charge in [0.2, 0.25) is 5.75 Å². The molecule has 0 saturated carbocycles. The van der Waals surface area contributed by atoms with Crippen LogP contribution in [-0.4, -0.2) is 16.2 Å². The van der Waals surface area contributed by atoms with Gasteiger partial charge in [0.1, 0.15) is 0 Å². The second kappa shape index (κ2) is 5.58. The number of nitro groups is 1. The molecule has 0 aliphatic rings. The van der Waals surface area contributed by atoms with E-state index in [1.165, 1.54) is 18.2 Å². The minimum absolute atomic E-state index is 0.319. The summed E-state index contributed by atoms with van der Waals surface area (Å²) in [5.41, 5.74) is 0.866. The van der Waals surface area contributed by atoms with Crippen LogP contribution in [0, 0.1) is 10.1 Å². The van der Waals surface area contributed by atoms with Gasteiger partial charge >= 0.3 is 11.8 Å². The molecule has 1 N–H and O–H groups in total. The fourth-order valence-corrected chi connectivity index (χ4v) is 1.79. The molecule has 102 valence electrons. The van der Waals surface area contributed by atoms with Crippen molar-refractivity contribution in [2.24, 2.45) is 0 Å². The van der Waals surface area contributed by atoms with Crippen molar-refractivity contribution < 1.29 is 19.6 Å². The molecule has 6 nitrogen and oxygen atoms in total. The van der Waals surface area contributed by atoms with Crippen LogP contribution in [0.15, 0.2) is 42.5 Å². The molecule has 0 heterocycles. The fourth-order valence-electron chi connectivity index (χ4n) is 1.66. The van der Waals surface area contributed by atoms with Crippen LogP contribution >= 0.6 is 11.6 Å². The molecule has 0 aromatic heterocycles. The van der Waals surface area contributed by atoms with Gasteiger partial charge < -0.3 is 9.84 Å². The third-order valence-electron chi connectivity index (χ3n) is 2.53. The molecular formula is C13H8ClNO5. The summed E-state index contributed by atoms with van der Waals surface area (Å²) in [6, 6.07) is 10.8. The van der Waals surface area contributed by atoms with Crippen LogP contribution in [0.1, 0.15) is 0 Å². The maximum Gasteiger partial charge on any atom is 0.511 e. The van der Waals surface area contributed by atoms with Gasteiger partial charge in [0.15, 0.2) is 0 Å². The highest BCUT2D eigenvalue weighted by Crippen LogP contribution is 2.32. The summed E-state index contributed by atoms with van der Waals surface area (Å²) in [4.78, 5) is 20.7. The zero-order valence-corrected chi connectivity index (χ0v) is 10.7. The molecule has 2 rings (SSSR count). The number of benzene rings is 2. The molecule has 0 unspecified atom stereocenters. The Hall–Kier alpha value is -2.60. The first-order chi connectivity index (χ1) is 9.47. The SMILES string of the molecule is O=C(O)Oc1ccc(-c2ccc(Cl)cc2)cc1[N+](=O)[O-]. The first-order valence-electron chi connectivity index (χ1n) is 5.42. The van der Waals surface area contributed by atoms with Gasteiger partial charge in [-0.2, -0.15) is 0 Å². The summed E-state index contributed by atoms with van der Waals surface area (Å²) in [6.07, 6.45) is -1.60. The van der Waals surface area contributed by atoms with Crippen molar-refractivity contribution in [2.75, 3.05) is 0 Å². The summed E-state index contributed by atoms with van der Waals surface area (Å²) in [5.74, 6) is -0.319. The zero-order valence-electron chi connectivity index (χ0n) is 9.95. The van der Waals surface area contributed by atoms with Crippen LogP contribution in [0.5, 0.6) is 5.75 Å². The molecule has 0 spiro atoms. The lowest BCUT2D eigenvalue weighted by Crippen LogP contribution is -2.05. The van der Waals surface area contributed by atoms with E-state index in [1.807, 2.05) is 0 Å². The lowest BCUT2D eigenvalue weighted by molar-refractivity contribution is -0.385. The van der Waals surface area contributed by atoms with Gasteiger partial charge in [-0.15, -0.1) is 0 Å². The molecule has 0 bridgehead atoms. The number of nitro benzene ring substituents is 1. The van der Waals surface area contributed by atoms with Crippen molar-refractivity contribution in [1.82, 2.24) is 0 Å². The third kappa shape index (κ3) is 3.04. The zero-order chi connectivity index (χ0) is 14.7. The Kier molecular flexibility index (Phi) is 3.86. The molecular weight excluding hydrogens is 286 g/mol. The average molecular weight is 294 g/mol. The summed E-state index contributed by atoms with van der Waals surface area (Å²) in [6.45, 7) is 0. The number of ether oxygens (including phenoxy) is 1.